The Kier molecular flexibility index (Phi) is 9.63. The number of hydrogen-bond donors (Lipinski definition) is 3. The van der Waals surface area contributed by atoms with Gasteiger partial charge in [0, 0.05) is 17.8 Å². The Hall–Kier alpha value is -2.22. The Morgan fingerprint density at radius 2 is 1.69 bits per heavy atom. The number of aryl methyl sites for hydroxylation is 2. The van der Waals surface area contributed by atoms with Crippen LogP contribution in [-0.2, 0) is 14.3 Å². The second-order valence-electron chi connectivity index (χ2n) is 10.0. The lowest BCUT2D eigenvalue weighted by atomic mass is 9.95. The van der Waals surface area contributed by atoms with Crippen molar-refractivity contribution in [3.05, 3.63) is 34.9 Å². The number of nitrogens with zero attached hydrogens (tertiary/aromatic N) is 1. The van der Waals surface area contributed by atoms with Gasteiger partial charge in [0.05, 0.1) is 0 Å². The molecule has 7 nitrogen and oxygen atoms in total. The Morgan fingerprint density at radius 3 is 2.12 bits per heavy atom. The van der Waals surface area contributed by atoms with E-state index in [9.17, 15) is 14.4 Å². The topological polar surface area (TPSA) is 87.7 Å². The maximum Gasteiger partial charge on any atom is 0.408 e. The van der Waals surface area contributed by atoms with Crippen molar-refractivity contribution in [2.45, 2.75) is 85.5 Å². The molecule has 1 aromatic carbocycles. The molecule has 0 aliphatic carbocycles. The third kappa shape index (κ3) is 8.37. The molecule has 0 aromatic heterocycles. The van der Waals surface area contributed by atoms with Gasteiger partial charge in [-0.15, -0.1) is 0 Å². The molecule has 1 aromatic rings. The van der Waals surface area contributed by atoms with Gasteiger partial charge >= 0.3 is 6.09 Å². The maximum absolute atomic E-state index is 13.5. The molecule has 0 saturated carbocycles. The van der Waals surface area contributed by atoms with Crippen LogP contribution in [0.3, 0.4) is 0 Å². The van der Waals surface area contributed by atoms with Crippen molar-refractivity contribution >= 4 is 30.5 Å². The molecule has 8 heteroatoms. The van der Waals surface area contributed by atoms with Gasteiger partial charge < -0.3 is 20.3 Å². The molecule has 1 rings (SSSR count). The van der Waals surface area contributed by atoms with E-state index in [1.165, 1.54) is 4.90 Å². The van der Waals surface area contributed by atoms with Gasteiger partial charge in [-0.25, -0.2) is 4.79 Å². The summed E-state index contributed by atoms with van der Waals surface area (Å²) < 4.78 is 5.29. The summed E-state index contributed by atoms with van der Waals surface area (Å²) in [4.78, 5) is 40.6. The molecule has 0 saturated heterocycles. The highest BCUT2D eigenvalue weighted by molar-refractivity contribution is 7.80. The number of nitrogens with one attached hydrogen (secondary N) is 2. The fraction of sp³-hybridized carbons (Fsp3) is 0.625. The van der Waals surface area contributed by atoms with Crippen LogP contribution in [0, 0.1) is 13.8 Å². The number of carbonyl (C=O) groups is 3. The number of benzene rings is 1. The summed E-state index contributed by atoms with van der Waals surface area (Å²) in [6.07, 6.45) is -0.705. The first kappa shape index (κ1) is 27.8. The minimum atomic E-state index is -0.941. The van der Waals surface area contributed by atoms with Crippen molar-refractivity contribution in [3.63, 3.8) is 0 Å². The third-order valence-corrected chi connectivity index (χ3v) is 4.94. The molecule has 2 atom stereocenters. The number of rotatable bonds is 7. The summed E-state index contributed by atoms with van der Waals surface area (Å²) in [5.41, 5.74) is 1.53. The molecule has 32 heavy (non-hydrogen) atoms. The Morgan fingerprint density at radius 1 is 1.09 bits per heavy atom. The van der Waals surface area contributed by atoms with Crippen molar-refractivity contribution in [1.82, 2.24) is 15.5 Å². The minimum absolute atomic E-state index is 0.0645. The average Bonchev–Trinajstić information content (AvgIpc) is 2.61. The molecule has 0 aliphatic heterocycles. The number of thiol groups is 1. The summed E-state index contributed by atoms with van der Waals surface area (Å²) in [6.45, 7) is 16.9. The van der Waals surface area contributed by atoms with Gasteiger partial charge in [-0.2, -0.15) is 12.6 Å². The fourth-order valence-electron chi connectivity index (χ4n) is 3.32. The molecule has 0 heterocycles. The van der Waals surface area contributed by atoms with Crippen LogP contribution in [0.15, 0.2) is 18.2 Å². The average molecular weight is 466 g/mol. The molecule has 2 unspecified atom stereocenters. The molecule has 0 spiro atoms. The summed E-state index contributed by atoms with van der Waals surface area (Å²) >= 11 is 4.27. The summed E-state index contributed by atoms with van der Waals surface area (Å²) in [5, 5.41) is 5.59. The zero-order valence-corrected chi connectivity index (χ0v) is 21.7. The number of ether oxygens (including phenoxy) is 1. The van der Waals surface area contributed by atoms with E-state index >= 15 is 0 Å². The molecule has 0 aliphatic rings. The normalized spacial score (nSPS) is 13.7. The fourth-order valence-corrected chi connectivity index (χ4v) is 3.57. The summed E-state index contributed by atoms with van der Waals surface area (Å²) in [7, 11) is 0. The van der Waals surface area contributed by atoms with Crippen LogP contribution >= 0.6 is 12.6 Å². The monoisotopic (exact) mass is 465 g/mol. The van der Waals surface area contributed by atoms with Crippen LogP contribution in [0.1, 0.15) is 71.2 Å². The number of hydrogen-bond acceptors (Lipinski definition) is 5. The lowest BCUT2D eigenvalue weighted by Crippen LogP contribution is -2.55. The van der Waals surface area contributed by atoms with Crippen molar-refractivity contribution in [1.29, 1.82) is 0 Å². The molecule has 180 valence electrons. The van der Waals surface area contributed by atoms with Gasteiger partial charge in [-0.1, -0.05) is 23.8 Å². The van der Waals surface area contributed by atoms with E-state index in [0.717, 1.165) is 16.7 Å². The van der Waals surface area contributed by atoms with Gasteiger partial charge in [0.2, 0.25) is 11.8 Å². The van der Waals surface area contributed by atoms with Crippen LogP contribution in [0.2, 0.25) is 0 Å². The van der Waals surface area contributed by atoms with E-state index in [0.29, 0.717) is 0 Å². The maximum atomic E-state index is 13.5. The number of carbonyl (C=O) groups excluding carboxylic acids is 3. The largest absolute Gasteiger partial charge is 0.444 e. The molecule has 0 radical (unpaired) electrons. The molecule has 0 bridgehead atoms. The third-order valence-electron chi connectivity index (χ3n) is 4.57. The van der Waals surface area contributed by atoms with E-state index in [1.54, 1.807) is 20.8 Å². The second kappa shape index (κ2) is 11.1. The van der Waals surface area contributed by atoms with Crippen LogP contribution < -0.4 is 10.6 Å². The summed E-state index contributed by atoms with van der Waals surface area (Å²) in [6, 6.07) is 4.00. The van der Waals surface area contributed by atoms with Crippen molar-refractivity contribution in [3.8, 4) is 0 Å². The highest BCUT2D eigenvalue weighted by Crippen LogP contribution is 2.27. The smallest absolute Gasteiger partial charge is 0.408 e. The lowest BCUT2D eigenvalue weighted by Gasteiger charge is -2.35. The van der Waals surface area contributed by atoms with E-state index in [-0.39, 0.29) is 18.2 Å². The molecule has 0 fully saturated rings. The predicted molar refractivity (Wildman–Crippen MR) is 131 cm³/mol. The van der Waals surface area contributed by atoms with Crippen LogP contribution in [0.5, 0.6) is 0 Å². The first-order valence-electron chi connectivity index (χ1n) is 10.9. The van der Waals surface area contributed by atoms with Gasteiger partial charge in [-0.3, -0.25) is 9.59 Å². The van der Waals surface area contributed by atoms with E-state index < -0.39 is 35.2 Å². The number of alkyl carbamates (subject to hydrolysis) is 1. The van der Waals surface area contributed by atoms with Gasteiger partial charge in [0.25, 0.3) is 0 Å². The first-order chi connectivity index (χ1) is 14.6. The van der Waals surface area contributed by atoms with Crippen molar-refractivity contribution in [2.75, 3.05) is 12.3 Å². The standard InChI is InChI=1S/C24H39N3O4S/c1-10-27(21(29)18(14-32)25-22(30)31-24(7,8)9)19(20(28)26-23(4,5)6)17-12-11-15(2)13-16(17)3/h11-13,18-19,32H,10,14H2,1-9H3,(H,25,30)(H,26,28). The number of likely N-dealkylation sites (N-methyl/N-ethyl adjacent to an activating group) is 1. The Bertz CT molecular complexity index is 828. The van der Waals surface area contributed by atoms with Gasteiger partial charge in [0.15, 0.2) is 0 Å². The Labute approximate surface area is 198 Å². The molecular weight excluding hydrogens is 426 g/mol. The first-order valence-corrected chi connectivity index (χ1v) is 11.5. The highest BCUT2D eigenvalue weighted by atomic mass is 32.1. The molecule has 2 N–H and O–H groups in total. The SMILES string of the molecule is CCN(C(=O)C(CS)NC(=O)OC(C)(C)C)C(C(=O)NC(C)(C)C)c1ccc(C)cc1C. The molecule has 3 amide bonds. The van der Waals surface area contributed by atoms with E-state index in [1.807, 2.05) is 59.7 Å². The highest BCUT2D eigenvalue weighted by Gasteiger charge is 2.36. The van der Waals surface area contributed by atoms with Gasteiger partial charge in [-0.05, 0) is 73.4 Å². The van der Waals surface area contributed by atoms with E-state index in [4.69, 9.17) is 4.74 Å². The van der Waals surface area contributed by atoms with Crippen LogP contribution in [-0.4, -0.2) is 52.3 Å². The van der Waals surface area contributed by atoms with Crippen LogP contribution in [0.4, 0.5) is 4.79 Å². The molecular formula is C24H39N3O4S. The summed E-state index contributed by atoms with van der Waals surface area (Å²) in [5.74, 6) is -0.619. The second-order valence-corrected chi connectivity index (χ2v) is 10.4. The minimum Gasteiger partial charge on any atom is -0.444 e. The zero-order valence-electron chi connectivity index (χ0n) is 20.8. The van der Waals surface area contributed by atoms with Gasteiger partial charge in [0.1, 0.15) is 17.7 Å². The lowest BCUT2D eigenvalue weighted by molar-refractivity contribution is -0.142. The van der Waals surface area contributed by atoms with E-state index in [2.05, 4.69) is 23.3 Å². The van der Waals surface area contributed by atoms with Crippen LogP contribution in [0.25, 0.3) is 0 Å². The Balaban J connectivity index is 3.35. The number of amides is 3. The zero-order chi connectivity index (χ0) is 24.9. The van der Waals surface area contributed by atoms with Crippen molar-refractivity contribution < 1.29 is 19.1 Å². The van der Waals surface area contributed by atoms with Crippen molar-refractivity contribution in [2.24, 2.45) is 0 Å². The quantitative estimate of drug-likeness (QED) is 0.533. The predicted octanol–water partition coefficient (Wildman–Crippen LogP) is 3.93.